The van der Waals surface area contributed by atoms with Crippen molar-refractivity contribution in [1.29, 1.82) is 0 Å². The molecule has 2 aliphatic heterocycles. The van der Waals surface area contributed by atoms with Gasteiger partial charge in [-0.05, 0) is 12.0 Å². The molecule has 0 spiro atoms. The number of rotatable bonds is 4. The fourth-order valence-electron chi connectivity index (χ4n) is 3.83. The molecule has 0 bridgehead atoms. The number of nitrogens with zero attached hydrogens (tertiary/aromatic N) is 4. The number of anilines is 1. The lowest BCUT2D eigenvalue weighted by atomic mass is 10.1. The molecule has 1 N–H and O–H groups in total. The SMILES string of the molecule is COc1nc2c(c(N3CCNCC3)n1)CCN(Cc1ccccc1)CC2. The minimum atomic E-state index is 0.494. The van der Waals surface area contributed by atoms with Crippen LogP contribution < -0.4 is 15.0 Å². The van der Waals surface area contributed by atoms with Crippen LogP contribution in [0.4, 0.5) is 5.82 Å². The molecule has 0 unspecified atom stereocenters. The third kappa shape index (κ3) is 3.81. The number of fused-ring (bicyclic) bond motifs is 1. The molecule has 0 saturated carbocycles. The number of hydrogen-bond acceptors (Lipinski definition) is 6. The second-order valence-electron chi connectivity index (χ2n) is 6.96. The van der Waals surface area contributed by atoms with Gasteiger partial charge in [0.2, 0.25) is 0 Å². The molecule has 0 amide bonds. The van der Waals surface area contributed by atoms with Gasteiger partial charge in [-0.3, -0.25) is 4.90 Å². The van der Waals surface area contributed by atoms with E-state index in [1.54, 1.807) is 7.11 Å². The minimum absolute atomic E-state index is 0.494. The van der Waals surface area contributed by atoms with E-state index in [-0.39, 0.29) is 0 Å². The van der Waals surface area contributed by atoms with Crippen LogP contribution in [-0.2, 0) is 19.4 Å². The van der Waals surface area contributed by atoms with E-state index >= 15 is 0 Å². The number of aromatic nitrogens is 2. The molecule has 6 nitrogen and oxygen atoms in total. The van der Waals surface area contributed by atoms with Crippen molar-refractivity contribution in [3.05, 3.63) is 47.2 Å². The summed E-state index contributed by atoms with van der Waals surface area (Å²) in [4.78, 5) is 14.3. The van der Waals surface area contributed by atoms with Gasteiger partial charge in [0.1, 0.15) is 5.82 Å². The van der Waals surface area contributed by atoms with E-state index in [0.717, 1.165) is 70.2 Å². The molecule has 1 aromatic heterocycles. The Bertz CT molecular complexity index is 730. The third-order valence-electron chi connectivity index (χ3n) is 5.24. The van der Waals surface area contributed by atoms with Crippen molar-refractivity contribution in [3.63, 3.8) is 0 Å². The lowest BCUT2D eigenvalue weighted by Crippen LogP contribution is -2.44. The number of piperazine rings is 1. The maximum Gasteiger partial charge on any atom is 0.318 e. The summed E-state index contributed by atoms with van der Waals surface area (Å²) in [5.41, 5.74) is 3.83. The van der Waals surface area contributed by atoms with Crippen molar-refractivity contribution in [3.8, 4) is 6.01 Å². The molecule has 2 aromatic rings. The first-order valence-electron chi connectivity index (χ1n) is 9.49. The summed E-state index contributed by atoms with van der Waals surface area (Å²) in [6, 6.07) is 11.2. The lowest BCUT2D eigenvalue weighted by Gasteiger charge is -2.30. The van der Waals surface area contributed by atoms with E-state index in [0.29, 0.717) is 6.01 Å². The average molecular weight is 353 g/mol. The summed E-state index contributed by atoms with van der Waals surface area (Å²) in [6.07, 6.45) is 1.94. The van der Waals surface area contributed by atoms with Gasteiger partial charge >= 0.3 is 6.01 Å². The van der Waals surface area contributed by atoms with Crippen molar-refractivity contribution in [2.45, 2.75) is 19.4 Å². The van der Waals surface area contributed by atoms with Crippen LogP contribution in [0.1, 0.15) is 16.8 Å². The van der Waals surface area contributed by atoms with Gasteiger partial charge in [0.05, 0.1) is 12.8 Å². The van der Waals surface area contributed by atoms with Gasteiger partial charge < -0.3 is 15.0 Å². The van der Waals surface area contributed by atoms with Gasteiger partial charge in [-0.1, -0.05) is 30.3 Å². The quantitative estimate of drug-likeness (QED) is 0.899. The maximum atomic E-state index is 5.40. The van der Waals surface area contributed by atoms with Crippen LogP contribution in [0.5, 0.6) is 6.01 Å². The first kappa shape index (κ1) is 17.2. The Morgan fingerprint density at radius 2 is 1.77 bits per heavy atom. The highest BCUT2D eigenvalue weighted by Gasteiger charge is 2.24. The summed E-state index contributed by atoms with van der Waals surface area (Å²) in [6.45, 7) is 7.02. The minimum Gasteiger partial charge on any atom is -0.467 e. The van der Waals surface area contributed by atoms with E-state index in [2.05, 4.69) is 50.4 Å². The van der Waals surface area contributed by atoms with Crippen LogP contribution in [-0.4, -0.2) is 61.2 Å². The van der Waals surface area contributed by atoms with Crippen LogP contribution in [0.25, 0.3) is 0 Å². The second-order valence-corrected chi connectivity index (χ2v) is 6.96. The Hall–Kier alpha value is -2.18. The van der Waals surface area contributed by atoms with Crippen molar-refractivity contribution in [2.75, 3.05) is 51.3 Å². The van der Waals surface area contributed by atoms with E-state index in [1.807, 2.05) is 0 Å². The van der Waals surface area contributed by atoms with Crippen LogP contribution in [0, 0.1) is 0 Å². The molecule has 4 rings (SSSR count). The van der Waals surface area contributed by atoms with Crippen molar-refractivity contribution in [1.82, 2.24) is 20.2 Å². The molecule has 1 saturated heterocycles. The van der Waals surface area contributed by atoms with Crippen molar-refractivity contribution >= 4 is 5.82 Å². The van der Waals surface area contributed by atoms with E-state index in [4.69, 9.17) is 9.72 Å². The van der Waals surface area contributed by atoms with Gasteiger partial charge in [-0.2, -0.15) is 9.97 Å². The van der Waals surface area contributed by atoms with Gasteiger partial charge in [-0.15, -0.1) is 0 Å². The molecule has 0 aliphatic carbocycles. The largest absolute Gasteiger partial charge is 0.467 e. The Morgan fingerprint density at radius 1 is 1.00 bits per heavy atom. The average Bonchev–Trinajstić information content (AvgIpc) is 2.91. The van der Waals surface area contributed by atoms with E-state index < -0.39 is 0 Å². The highest BCUT2D eigenvalue weighted by molar-refractivity contribution is 5.51. The third-order valence-corrected chi connectivity index (χ3v) is 5.24. The molecule has 0 radical (unpaired) electrons. The molecule has 1 fully saturated rings. The zero-order chi connectivity index (χ0) is 17.8. The number of ether oxygens (including phenoxy) is 1. The highest BCUT2D eigenvalue weighted by Crippen LogP contribution is 2.27. The predicted octanol–water partition coefficient (Wildman–Crippen LogP) is 1.50. The van der Waals surface area contributed by atoms with Gasteiger partial charge in [0, 0.05) is 57.8 Å². The lowest BCUT2D eigenvalue weighted by molar-refractivity contribution is 0.279. The van der Waals surface area contributed by atoms with Crippen molar-refractivity contribution < 1.29 is 4.74 Å². The zero-order valence-corrected chi connectivity index (χ0v) is 15.4. The van der Waals surface area contributed by atoms with Gasteiger partial charge in [-0.25, -0.2) is 0 Å². The van der Waals surface area contributed by atoms with E-state index in [1.165, 1.54) is 11.1 Å². The summed E-state index contributed by atoms with van der Waals surface area (Å²) in [5.74, 6) is 1.08. The molecule has 6 heteroatoms. The maximum absolute atomic E-state index is 5.40. The monoisotopic (exact) mass is 353 g/mol. The van der Waals surface area contributed by atoms with Crippen LogP contribution in [0.2, 0.25) is 0 Å². The molecular formula is C20H27N5O. The highest BCUT2D eigenvalue weighted by atomic mass is 16.5. The van der Waals surface area contributed by atoms with E-state index in [9.17, 15) is 0 Å². The second kappa shape index (κ2) is 8.01. The van der Waals surface area contributed by atoms with Gasteiger partial charge in [0.15, 0.2) is 0 Å². The normalized spacial score (nSPS) is 18.3. The fraction of sp³-hybridized carbons (Fsp3) is 0.500. The van der Waals surface area contributed by atoms with Gasteiger partial charge in [0.25, 0.3) is 0 Å². The standard InChI is InChI=1S/C20H27N5O/c1-26-20-22-18-8-12-24(15-16-5-3-2-4-6-16)11-7-17(18)19(23-20)25-13-9-21-10-14-25/h2-6,21H,7-15H2,1H3. The number of methoxy groups -OCH3 is 1. The first-order chi connectivity index (χ1) is 12.8. The summed E-state index contributed by atoms with van der Waals surface area (Å²) in [5, 5.41) is 3.42. The molecule has 26 heavy (non-hydrogen) atoms. The Balaban J connectivity index is 1.56. The Labute approximate surface area is 155 Å². The topological polar surface area (TPSA) is 53.5 Å². The number of hydrogen-bond donors (Lipinski definition) is 1. The van der Waals surface area contributed by atoms with Crippen LogP contribution >= 0.6 is 0 Å². The number of nitrogens with one attached hydrogen (secondary N) is 1. The number of benzene rings is 1. The smallest absolute Gasteiger partial charge is 0.318 e. The molecule has 0 atom stereocenters. The van der Waals surface area contributed by atoms with Crippen LogP contribution in [0.15, 0.2) is 30.3 Å². The molecule has 3 heterocycles. The first-order valence-corrected chi connectivity index (χ1v) is 9.49. The summed E-state index contributed by atoms with van der Waals surface area (Å²) in [7, 11) is 1.65. The van der Waals surface area contributed by atoms with Crippen molar-refractivity contribution in [2.24, 2.45) is 0 Å². The molecule has 2 aliphatic rings. The predicted molar refractivity (Wildman–Crippen MR) is 103 cm³/mol. The molecular weight excluding hydrogens is 326 g/mol. The zero-order valence-electron chi connectivity index (χ0n) is 15.4. The summed E-state index contributed by atoms with van der Waals surface area (Å²) < 4.78 is 5.40. The summed E-state index contributed by atoms with van der Waals surface area (Å²) >= 11 is 0. The van der Waals surface area contributed by atoms with Crippen LogP contribution in [0.3, 0.4) is 0 Å². The fourth-order valence-corrected chi connectivity index (χ4v) is 3.83. The molecule has 1 aromatic carbocycles. The Morgan fingerprint density at radius 3 is 2.54 bits per heavy atom. The molecule has 138 valence electrons. The Kier molecular flexibility index (Phi) is 5.32.